The molecule has 0 amide bonds. The number of hydrogen-bond donors (Lipinski definition) is 0. The zero-order valence-corrected chi connectivity index (χ0v) is 20.8. The molecule has 0 bridgehead atoms. The molecular weight excluding hydrogens is 372 g/mol. The van der Waals surface area contributed by atoms with Crippen LogP contribution in [0.15, 0.2) is 30.3 Å². The molecule has 174 valence electrons. The maximum absolute atomic E-state index is 2.56. The van der Waals surface area contributed by atoms with Gasteiger partial charge in [-0.05, 0) is 79.4 Å². The van der Waals surface area contributed by atoms with Crippen molar-refractivity contribution in [1.82, 2.24) is 0 Å². The van der Waals surface area contributed by atoms with Crippen LogP contribution in [0.2, 0.25) is 0 Å². The predicted molar refractivity (Wildman–Crippen MR) is 139 cm³/mol. The summed E-state index contributed by atoms with van der Waals surface area (Å²) in [7, 11) is 0. The van der Waals surface area contributed by atoms with Gasteiger partial charge in [0.15, 0.2) is 0 Å². The summed E-state index contributed by atoms with van der Waals surface area (Å²) in [4.78, 5) is 0. The molecule has 0 aromatic heterocycles. The van der Waals surface area contributed by atoms with Crippen molar-refractivity contribution in [3.63, 3.8) is 0 Å². The summed E-state index contributed by atoms with van der Waals surface area (Å²) < 4.78 is 0. The van der Waals surface area contributed by atoms with Crippen molar-refractivity contribution < 1.29 is 0 Å². The maximum atomic E-state index is 2.56. The van der Waals surface area contributed by atoms with Gasteiger partial charge < -0.3 is 0 Å². The van der Waals surface area contributed by atoms with E-state index in [1.54, 1.807) is 11.1 Å². The van der Waals surface area contributed by atoms with E-state index in [0.717, 1.165) is 17.8 Å². The van der Waals surface area contributed by atoms with Gasteiger partial charge in [-0.15, -0.1) is 0 Å². The Hall–Kier alpha value is -1.04. The van der Waals surface area contributed by atoms with Crippen LogP contribution in [0.3, 0.4) is 0 Å². The fourth-order valence-corrected chi connectivity index (χ4v) is 6.06. The standard InChI is InChI=1S/C31H50/c1-3-5-7-8-9-11-13-27-16-20-29(21-17-27)31-24-22-30(23-25-31)28-18-14-26(15-19-28)12-10-6-4-2/h18,22-27,29H,3-17,19-21H2,1-2H3/t26?,27-,29-. The molecule has 3 rings (SSSR count). The van der Waals surface area contributed by atoms with E-state index in [9.17, 15) is 0 Å². The Morgan fingerprint density at radius 2 is 1.26 bits per heavy atom. The van der Waals surface area contributed by atoms with Crippen LogP contribution in [-0.4, -0.2) is 0 Å². The number of hydrogen-bond acceptors (Lipinski definition) is 0. The Balaban J connectivity index is 1.37. The van der Waals surface area contributed by atoms with Gasteiger partial charge in [-0.3, -0.25) is 0 Å². The highest BCUT2D eigenvalue weighted by Crippen LogP contribution is 2.39. The smallest absolute Gasteiger partial charge is 0.0162 e. The van der Waals surface area contributed by atoms with E-state index in [-0.39, 0.29) is 0 Å². The molecule has 1 unspecified atom stereocenters. The van der Waals surface area contributed by atoms with E-state index < -0.39 is 0 Å². The number of rotatable bonds is 13. The molecule has 1 atom stereocenters. The molecule has 2 aliphatic carbocycles. The molecule has 0 nitrogen and oxygen atoms in total. The first kappa shape index (κ1) is 24.6. The number of benzene rings is 1. The van der Waals surface area contributed by atoms with E-state index in [2.05, 4.69) is 44.2 Å². The van der Waals surface area contributed by atoms with Crippen molar-refractivity contribution in [2.45, 2.75) is 135 Å². The van der Waals surface area contributed by atoms with Gasteiger partial charge in [-0.2, -0.15) is 0 Å². The van der Waals surface area contributed by atoms with Crippen molar-refractivity contribution in [1.29, 1.82) is 0 Å². The Morgan fingerprint density at radius 3 is 1.94 bits per heavy atom. The summed E-state index contributed by atoms with van der Waals surface area (Å²) >= 11 is 0. The lowest BCUT2D eigenvalue weighted by molar-refractivity contribution is 0.302. The van der Waals surface area contributed by atoms with Crippen LogP contribution in [0.1, 0.15) is 146 Å². The predicted octanol–water partition coefficient (Wildman–Crippen LogP) is 10.5. The lowest BCUT2D eigenvalue weighted by atomic mass is 9.76. The molecule has 0 heteroatoms. The molecule has 1 fully saturated rings. The molecule has 2 aliphatic rings. The zero-order valence-electron chi connectivity index (χ0n) is 20.8. The second-order valence-corrected chi connectivity index (χ2v) is 10.8. The van der Waals surface area contributed by atoms with Crippen molar-refractivity contribution in [3.05, 3.63) is 41.5 Å². The highest BCUT2D eigenvalue weighted by Gasteiger charge is 2.22. The van der Waals surface area contributed by atoms with Crippen LogP contribution < -0.4 is 0 Å². The van der Waals surface area contributed by atoms with Crippen molar-refractivity contribution in [2.24, 2.45) is 11.8 Å². The third-order valence-corrected chi connectivity index (χ3v) is 8.30. The van der Waals surface area contributed by atoms with Gasteiger partial charge in [0, 0.05) is 0 Å². The first-order chi connectivity index (χ1) is 15.3. The Kier molecular flexibility index (Phi) is 11.3. The maximum Gasteiger partial charge on any atom is -0.0162 e. The Bertz CT molecular complexity index is 614. The first-order valence-corrected chi connectivity index (χ1v) is 14.1. The van der Waals surface area contributed by atoms with Gasteiger partial charge in [0.05, 0.1) is 0 Å². The second-order valence-electron chi connectivity index (χ2n) is 10.8. The number of allylic oxidation sites excluding steroid dienone is 2. The van der Waals surface area contributed by atoms with Gasteiger partial charge in [0.25, 0.3) is 0 Å². The SMILES string of the molecule is CCCCCCCC[C@H]1CC[C@H](c2ccc(C3=CCC(CCCCC)CC3)cc2)CC1. The minimum absolute atomic E-state index is 0.818. The van der Waals surface area contributed by atoms with Crippen LogP contribution in [0.5, 0.6) is 0 Å². The third kappa shape index (κ3) is 8.43. The lowest BCUT2D eigenvalue weighted by Gasteiger charge is -2.29. The molecule has 0 radical (unpaired) electrons. The highest BCUT2D eigenvalue weighted by atomic mass is 14.3. The van der Waals surface area contributed by atoms with Gasteiger partial charge in [-0.25, -0.2) is 0 Å². The van der Waals surface area contributed by atoms with Crippen molar-refractivity contribution >= 4 is 5.57 Å². The molecule has 31 heavy (non-hydrogen) atoms. The monoisotopic (exact) mass is 422 g/mol. The average molecular weight is 423 g/mol. The molecule has 0 heterocycles. The van der Waals surface area contributed by atoms with Gasteiger partial charge in [0.1, 0.15) is 0 Å². The second kappa shape index (κ2) is 14.2. The molecule has 1 saturated carbocycles. The van der Waals surface area contributed by atoms with E-state index in [1.807, 2.05) is 0 Å². The van der Waals surface area contributed by atoms with Crippen LogP contribution in [0.4, 0.5) is 0 Å². The van der Waals surface area contributed by atoms with Crippen molar-refractivity contribution in [2.75, 3.05) is 0 Å². The van der Waals surface area contributed by atoms with E-state index in [0.29, 0.717) is 0 Å². The molecule has 0 aliphatic heterocycles. The van der Waals surface area contributed by atoms with Gasteiger partial charge in [-0.1, -0.05) is 115 Å². The summed E-state index contributed by atoms with van der Waals surface area (Å²) in [6.07, 6.45) is 28.1. The Labute approximate surface area is 194 Å². The normalized spacial score (nSPS) is 24.2. The lowest BCUT2D eigenvalue weighted by Crippen LogP contribution is -2.13. The average Bonchev–Trinajstić information content (AvgIpc) is 2.82. The van der Waals surface area contributed by atoms with Crippen molar-refractivity contribution in [3.8, 4) is 0 Å². The first-order valence-electron chi connectivity index (χ1n) is 14.1. The summed E-state index contributed by atoms with van der Waals surface area (Å²) in [5.74, 6) is 2.78. The molecule has 0 spiro atoms. The molecule has 1 aromatic carbocycles. The van der Waals surface area contributed by atoms with Gasteiger partial charge >= 0.3 is 0 Å². The largest absolute Gasteiger partial charge is 0.0804 e. The van der Waals surface area contributed by atoms with Crippen LogP contribution >= 0.6 is 0 Å². The quantitative estimate of drug-likeness (QED) is 0.277. The minimum atomic E-state index is 0.818. The van der Waals surface area contributed by atoms with Crippen LogP contribution in [0.25, 0.3) is 5.57 Å². The third-order valence-electron chi connectivity index (χ3n) is 8.30. The van der Waals surface area contributed by atoms with E-state index in [4.69, 9.17) is 0 Å². The molecule has 1 aromatic rings. The summed E-state index contributed by atoms with van der Waals surface area (Å²) in [6, 6.07) is 9.78. The molecule has 0 saturated heterocycles. The van der Waals surface area contributed by atoms with E-state index >= 15 is 0 Å². The van der Waals surface area contributed by atoms with Gasteiger partial charge in [0.2, 0.25) is 0 Å². The highest BCUT2D eigenvalue weighted by molar-refractivity contribution is 5.66. The van der Waals surface area contributed by atoms with E-state index in [1.165, 1.54) is 121 Å². The molecule has 0 N–H and O–H groups in total. The van der Waals surface area contributed by atoms with Crippen LogP contribution in [-0.2, 0) is 0 Å². The Morgan fingerprint density at radius 1 is 0.645 bits per heavy atom. The zero-order chi connectivity index (χ0) is 21.7. The fraction of sp³-hybridized carbons (Fsp3) is 0.742. The summed E-state index contributed by atoms with van der Waals surface area (Å²) in [5, 5.41) is 0. The molecular formula is C31H50. The van der Waals surface area contributed by atoms with Crippen LogP contribution in [0, 0.1) is 11.8 Å². The topological polar surface area (TPSA) is 0 Å². The fourth-order valence-electron chi connectivity index (χ4n) is 6.06. The summed E-state index contributed by atoms with van der Waals surface area (Å²) in [5.41, 5.74) is 4.71. The minimum Gasteiger partial charge on any atom is -0.0804 e. The number of unbranched alkanes of at least 4 members (excludes halogenated alkanes) is 7. The summed E-state index contributed by atoms with van der Waals surface area (Å²) in [6.45, 7) is 4.62.